The fraction of sp³-hybridized carbons (Fsp3) is 0.712. The molecule has 0 bridgehead atoms. The van der Waals surface area contributed by atoms with Gasteiger partial charge in [0.2, 0.25) is 0 Å². The number of allylic oxidation sites excluding steroid dienone is 14. The molecule has 0 aromatic heterocycles. The molecule has 6 heteroatoms. The molecule has 0 spiro atoms. The van der Waals surface area contributed by atoms with Gasteiger partial charge in [-0.25, -0.2) is 0 Å². The molecule has 0 aliphatic heterocycles. The molecule has 0 aromatic carbocycles. The lowest BCUT2D eigenvalue weighted by molar-refractivity contribution is -0.167. The third kappa shape index (κ3) is 51.4. The SMILES string of the molecule is CCCC/C=C\CCCCCCCC(=O)OCC(COC(=O)CCCCCCCCCCCC/C=C\C=C/CCCCC)OC(=O)CCC/C=C\C/C=C\C/C=C\C/C=C\CCCCC. The van der Waals surface area contributed by atoms with Gasteiger partial charge < -0.3 is 14.2 Å². The van der Waals surface area contributed by atoms with E-state index in [0.29, 0.717) is 19.3 Å². The zero-order chi connectivity index (χ0) is 47.2. The van der Waals surface area contributed by atoms with E-state index in [4.69, 9.17) is 14.2 Å². The van der Waals surface area contributed by atoms with Crippen molar-refractivity contribution in [1.29, 1.82) is 0 Å². The summed E-state index contributed by atoms with van der Waals surface area (Å²) in [5, 5.41) is 0. The maximum Gasteiger partial charge on any atom is 0.306 e. The molecule has 0 N–H and O–H groups in total. The smallest absolute Gasteiger partial charge is 0.306 e. The Balaban J connectivity index is 4.44. The molecule has 1 unspecified atom stereocenters. The third-order valence-electron chi connectivity index (χ3n) is 11.4. The Morgan fingerprint density at radius 3 is 1.06 bits per heavy atom. The number of unbranched alkanes of at least 4 members (excludes halogenated alkanes) is 24. The van der Waals surface area contributed by atoms with E-state index in [-0.39, 0.29) is 37.5 Å². The number of hydrogen-bond donors (Lipinski definition) is 0. The molecule has 0 aliphatic rings. The molecule has 0 amide bonds. The first-order valence-electron chi connectivity index (χ1n) is 27.1. The number of esters is 3. The summed E-state index contributed by atoms with van der Waals surface area (Å²) < 4.78 is 16.8. The van der Waals surface area contributed by atoms with Crippen LogP contribution in [-0.4, -0.2) is 37.2 Å². The summed E-state index contributed by atoms with van der Waals surface area (Å²) >= 11 is 0. The van der Waals surface area contributed by atoms with Gasteiger partial charge in [0, 0.05) is 19.3 Å². The van der Waals surface area contributed by atoms with Crippen LogP contribution >= 0.6 is 0 Å². The van der Waals surface area contributed by atoms with Crippen molar-refractivity contribution in [2.24, 2.45) is 0 Å². The fourth-order valence-electron chi connectivity index (χ4n) is 7.23. The largest absolute Gasteiger partial charge is 0.462 e. The van der Waals surface area contributed by atoms with E-state index in [2.05, 4.69) is 106 Å². The standard InChI is InChI=1S/C59H100O6/c1-4-7-10-13-16-19-22-24-26-28-29-31-32-34-37-40-43-46-49-52-58(61)64-55-56(54-63-57(60)51-48-45-42-39-36-21-18-15-12-9-6-3)65-59(62)53-50-47-44-41-38-35-33-30-27-25-23-20-17-14-11-8-5-2/h15-20,22,24-25,27,33,35,41,44,56H,4-14,21,23,26,28-32,34,36-40,42-43,45-55H2,1-3H3/b18-15-,19-16-,20-17-,24-22-,27-25-,35-33-,44-41-. The Hall–Kier alpha value is -3.41. The molecule has 1 atom stereocenters. The van der Waals surface area contributed by atoms with Gasteiger partial charge in [0.25, 0.3) is 0 Å². The van der Waals surface area contributed by atoms with Crippen LogP contribution in [0.3, 0.4) is 0 Å². The maximum atomic E-state index is 12.8. The molecule has 6 nitrogen and oxygen atoms in total. The highest BCUT2D eigenvalue weighted by Crippen LogP contribution is 2.14. The highest BCUT2D eigenvalue weighted by atomic mass is 16.6. The van der Waals surface area contributed by atoms with Crippen LogP contribution in [0.15, 0.2) is 85.1 Å². The minimum Gasteiger partial charge on any atom is -0.462 e. The van der Waals surface area contributed by atoms with Gasteiger partial charge in [0.15, 0.2) is 6.10 Å². The molecule has 0 aromatic rings. The van der Waals surface area contributed by atoms with Crippen LogP contribution in [0.25, 0.3) is 0 Å². The zero-order valence-electron chi connectivity index (χ0n) is 42.5. The first kappa shape index (κ1) is 61.6. The summed E-state index contributed by atoms with van der Waals surface area (Å²) in [5.41, 5.74) is 0. The van der Waals surface area contributed by atoms with Crippen molar-refractivity contribution < 1.29 is 28.6 Å². The summed E-state index contributed by atoms with van der Waals surface area (Å²) in [6, 6.07) is 0. The Morgan fingerprint density at radius 1 is 0.323 bits per heavy atom. The van der Waals surface area contributed by atoms with E-state index >= 15 is 0 Å². The Morgan fingerprint density at radius 2 is 0.631 bits per heavy atom. The van der Waals surface area contributed by atoms with Crippen LogP contribution in [-0.2, 0) is 28.6 Å². The van der Waals surface area contributed by atoms with Crippen molar-refractivity contribution in [3.8, 4) is 0 Å². The first-order valence-corrected chi connectivity index (χ1v) is 27.1. The van der Waals surface area contributed by atoms with Crippen LogP contribution in [0.4, 0.5) is 0 Å². The lowest BCUT2D eigenvalue weighted by Crippen LogP contribution is -2.30. The van der Waals surface area contributed by atoms with Crippen molar-refractivity contribution in [2.75, 3.05) is 13.2 Å². The molecular formula is C59H100O6. The van der Waals surface area contributed by atoms with Crippen LogP contribution in [0.5, 0.6) is 0 Å². The van der Waals surface area contributed by atoms with Gasteiger partial charge in [0.1, 0.15) is 13.2 Å². The van der Waals surface area contributed by atoms with Gasteiger partial charge >= 0.3 is 17.9 Å². The number of ether oxygens (including phenoxy) is 3. The summed E-state index contributed by atoms with van der Waals surface area (Å²) in [7, 11) is 0. The Labute approximate surface area is 401 Å². The predicted molar refractivity (Wildman–Crippen MR) is 279 cm³/mol. The van der Waals surface area contributed by atoms with Gasteiger partial charge in [-0.15, -0.1) is 0 Å². The van der Waals surface area contributed by atoms with Crippen LogP contribution in [0.2, 0.25) is 0 Å². The summed E-state index contributed by atoms with van der Waals surface area (Å²) in [5.74, 6) is -0.972. The molecule has 0 saturated heterocycles. The van der Waals surface area contributed by atoms with E-state index in [1.807, 2.05) is 0 Å². The Kier molecular flexibility index (Phi) is 50.4. The van der Waals surface area contributed by atoms with Crippen molar-refractivity contribution >= 4 is 17.9 Å². The lowest BCUT2D eigenvalue weighted by atomic mass is 10.1. The molecule has 0 fully saturated rings. The predicted octanol–water partition coefficient (Wildman–Crippen LogP) is 18.0. The van der Waals surface area contributed by atoms with Crippen molar-refractivity contribution in [2.45, 2.75) is 258 Å². The van der Waals surface area contributed by atoms with E-state index in [0.717, 1.165) is 77.0 Å². The van der Waals surface area contributed by atoms with Gasteiger partial charge in [-0.1, -0.05) is 215 Å². The highest BCUT2D eigenvalue weighted by molar-refractivity contribution is 5.71. The molecule has 0 aliphatic carbocycles. The Bertz CT molecular complexity index is 1270. The quantitative estimate of drug-likeness (QED) is 0.0199. The second-order valence-corrected chi connectivity index (χ2v) is 17.8. The van der Waals surface area contributed by atoms with E-state index < -0.39 is 6.10 Å². The second kappa shape index (κ2) is 53.2. The highest BCUT2D eigenvalue weighted by Gasteiger charge is 2.19. The summed E-state index contributed by atoms with van der Waals surface area (Å²) in [4.78, 5) is 38.0. The average Bonchev–Trinajstić information content (AvgIpc) is 3.30. The maximum absolute atomic E-state index is 12.8. The molecule has 0 radical (unpaired) electrons. The normalized spacial score (nSPS) is 12.7. The van der Waals surface area contributed by atoms with Crippen molar-refractivity contribution in [3.05, 3.63) is 85.1 Å². The van der Waals surface area contributed by atoms with Crippen molar-refractivity contribution in [3.63, 3.8) is 0 Å². The number of carbonyl (C=O) groups is 3. The molecular weight excluding hydrogens is 805 g/mol. The van der Waals surface area contributed by atoms with Gasteiger partial charge in [-0.2, -0.15) is 0 Å². The topological polar surface area (TPSA) is 78.9 Å². The van der Waals surface area contributed by atoms with Gasteiger partial charge in [-0.3, -0.25) is 14.4 Å². The fourth-order valence-corrected chi connectivity index (χ4v) is 7.23. The van der Waals surface area contributed by atoms with Crippen molar-refractivity contribution in [1.82, 2.24) is 0 Å². The van der Waals surface area contributed by atoms with Gasteiger partial charge in [0.05, 0.1) is 0 Å². The van der Waals surface area contributed by atoms with Crippen LogP contribution in [0, 0.1) is 0 Å². The minimum absolute atomic E-state index is 0.103. The van der Waals surface area contributed by atoms with E-state index in [1.54, 1.807) is 0 Å². The monoisotopic (exact) mass is 905 g/mol. The van der Waals surface area contributed by atoms with E-state index in [1.165, 1.54) is 128 Å². The number of hydrogen-bond acceptors (Lipinski definition) is 6. The average molecular weight is 905 g/mol. The minimum atomic E-state index is -0.809. The third-order valence-corrected chi connectivity index (χ3v) is 11.4. The van der Waals surface area contributed by atoms with E-state index in [9.17, 15) is 14.4 Å². The molecule has 0 saturated carbocycles. The molecule has 0 rings (SSSR count). The number of carbonyl (C=O) groups excluding carboxylic acids is 3. The molecule has 65 heavy (non-hydrogen) atoms. The first-order chi connectivity index (χ1) is 32.0. The van der Waals surface area contributed by atoms with Crippen LogP contribution in [0.1, 0.15) is 252 Å². The summed E-state index contributed by atoms with van der Waals surface area (Å²) in [6.07, 6.45) is 68.6. The lowest BCUT2D eigenvalue weighted by Gasteiger charge is -2.18. The summed E-state index contributed by atoms with van der Waals surface area (Å²) in [6.45, 7) is 6.49. The van der Waals surface area contributed by atoms with Crippen LogP contribution < -0.4 is 0 Å². The second-order valence-electron chi connectivity index (χ2n) is 17.8. The molecule has 0 heterocycles. The van der Waals surface area contributed by atoms with Gasteiger partial charge in [-0.05, 0) is 103 Å². The zero-order valence-corrected chi connectivity index (χ0v) is 42.5. The molecule has 372 valence electrons. The number of rotatable bonds is 48.